The molecule has 1 amide bonds. The first-order valence-electron chi connectivity index (χ1n) is 14.1. The quantitative estimate of drug-likeness (QED) is 0.263. The summed E-state index contributed by atoms with van der Waals surface area (Å²) in [5.74, 6) is 2.85. The van der Waals surface area contributed by atoms with E-state index in [1.54, 1.807) is 46.9 Å². The number of carbonyl (C=O) groups excluding carboxylic acids is 1. The van der Waals surface area contributed by atoms with Gasteiger partial charge >= 0.3 is 0 Å². The first kappa shape index (κ1) is 28.0. The van der Waals surface area contributed by atoms with Gasteiger partial charge in [0.2, 0.25) is 5.75 Å². The summed E-state index contributed by atoms with van der Waals surface area (Å²) in [7, 11) is 6.30. The van der Waals surface area contributed by atoms with Gasteiger partial charge in [-0.15, -0.1) is 0 Å². The summed E-state index contributed by atoms with van der Waals surface area (Å²) in [5, 5.41) is 5.01. The molecule has 3 heterocycles. The highest BCUT2D eigenvalue weighted by Crippen LogP contribution is 2.44. The maximum atomic E-state index is 13.9. The topological polar surface area (TPSA) is 108 Å². The molecule has 0 atom stereocenters. The lowest BCUT2D eigenvalue weighted by molar-refractivity contribution is 0.0932. The number of fused-ring (bicyclic) bond motifs is 2. The minimum Gasteiger partial charge on any atom is -0.497 e. The zero-order chi connectivity index (χ0) is 29.9. The third kappa shape index (κ3) is 5.31. The number of ether oxygens (including phenoxy) is 4. The van der Waals surface area contributed by atoms with E-state index < -0.39 is 0 Å². The van der Waals surface area contributed by atoms with Gasteiger partial charge in [-0.1, -0.05) is 12.1 Å². The van der Waals surface area contributed by atoms with Crippen molar-refractivity contribution < 1.29 is 23.7 Å². The summed E-state index contributed by atoms with van der Waals surface area (Å²) in [6.45, 7) is 1.54. The zero-order valence-corrected chi connectivity index (χ0v) is 24.6. The fourth-order valence-corrected chi connectivity index (χ4v) is 5.70. The molecule has 6 rings (SSSR count). The monoisotopic (exact) mass is 579 g/mol. The van der Waals surface area contributed by atoms with Crippen molar-refractivity contribution in [2.75, 3.05) is 46.4 Å². The van der Waals surface area contributed by atoms with Gasteiger partial charge in [0.25, 0.3) is 5.91 Å². The lowest BCUT2D eigenvalue weighted by Gasteiger charge is -2.33. The lowest BCUT2D eigenvalue weighted by atomic mass is 10.0. The maximum absolute atomic E-state index is 13.9. The van der Waals surface area contributed by atoms with Crippen LogP contribution in [0.1, 0.15) is 23.2 Å². The van der Waals surface area contributed by atoms with Gasteiger partial charge in [-0.05, 0) is 61.4 Å². The number of piperidine rings is 1. The first-order chi connectivity index (χ1) is 21.0. The van der Waals surface area contributed by atoms with E-state index in [2.05, 4.69) is 20.2 Å². The second kappa shape index (κ2) is 12.0. The second-order valence-corrected chi connectivity index (χ2v) is 10.3. The Morgan fingerprint density at radius 2 is 1.60 bits per heavy atom. The molecular weight excluding hydrogens is 546 g/mol. The van der Waals surface area contributed by atoms with Crippen LogP contribution in [0.25, 0.3) is 33.1 Å². The molecule has 2 aromatic heterocycles. The number of rotatable bonds is 8. The molecule has 3 aromatic carbocycles. The molecule has 220 valence electrons. The summed E-state index contributed by atoms with van der Waals surface area (Å²) < 4.78 is 22.3. The zero-order valence-electron chi connectivity index (χ0n) is 24.6. The largest absolute Gasteiger partial charge is 0.497 e. The molecule has 10 nitrogen and oxygen atoms in total. The van der Waals surface area contributed by atoms with Crippen LogP contribution in [-0.2, 0) is 0 Å². The van der Waals surface area contributed by atoms with Crippen molar-refractivity contribution >= 4 is 33.5 Å². The lowest BCUT2D eigenvalue weighted by Crippen LogP contribution is -2.45. The number of pyridine rings is 1. The van der Waals surface area contributed by atoms with Crippen LogP contribution < -0.4 is 29.2 Å². The Morgan fingerprint density at radius 1 is 0.814 bits per heavy atom. The summed E-state index contributed by atoms with van der Waals surface area (Å²) in [5.41, 5.74) is 3.33. The van der Waals surface area contributed by atoms with E-state index in [1.165, 1.54) is 0 Å². The van der Waals surface area contributed by atoms with E-state index >= 15 is 0 Å². The highest BCUT2D eigenvalue weighted by molar-refractivity contribution is 6.08. The maximum Gasteiger partial charge on any atom is 0.252 e. The van der Waals surface area contributed by atoms with Gasteiger partial charge in [0, 0.05) is 35.5 Å². The Labute approximate surface area is 249 Å². The Bertz CT molecular complexity index is 1800. The highest BCUT2D eigenvalue weighted by Gasteiger charge is 2.25. The number of anilines is 1. The second-order valence-electron chi connectivity index (χ2n) is 10.3. The van der Waals surface area contributed by atoms with Crippen molar-refractivity contribution in [3.8, 4) is 34.3 Å². The van der Waals surface area contributed by atoms with Gasteiger partial charge in [0.05, 0.1) is 50.7 Å². The van der Waals surface area contributed by atoms with Crippen molar-refractivity contribution in [1.29, 1.82) is 0 Å². The van der Waals surface area contributed by atoms with Crippen LogP contribution in [0.2, 0.25) is 0 Å². The van der Waals surface area contributed by atoms with Crippen LogP contribution in [-0.4, -0.2) is 68.4 Å². The van der Waals surface area contributed by atoms with E-state index in [4.69, 9.17) is 23.9 Å². The summed E-state index contributed by atoms with van der Waals surface area (Å²) >= 11 is 0. The first-order valence-corrected chi connectivity index (χ1v) is 14.1. The third-order valence-corrected chi connectivity index (χ3v) is 7.89. The number of nitrogens with zero attached hydrogens (tertiary/aromatic N) is 4. The van der Waals surface area contributed by atoms with Gasteiger partial charge in [-0.3, -0.25) is 4.79 Å². The molecule has 1 aliphatic rings. The normalized spacial score (nSPS) is 13.6. The SMILES string of the molecule is COc1ccc2nc(-c3ccc(OC)c(OC)c3OC)cc(C(=O)NC3CCN(c4ncnc5ccccc45)CC3)c2c1. The number of hydrogen-bond donors (Lipinski definition) is 1. The van der Waals surface area contributed by atoms with E-state index in [0.29, 0.717) is 50.7 Å². The van der Waals surface area contributed by atoms with Crippen molar-refractivity contribution in [1.82, 2.24) is 20.3 Å². The summed E-state index contributed by atoms with van der Waals surface area (Å²) in [4.78, 5) is 30.0. The Balaban J connectivity index is 1.30. The van der Waals surface area contributed by atoms with Crippen molar-refractivity contribution in [3.05, 3.63) is 72.6 Å². The van der Waals surface area contributed by atoms with Gasteiger partial charge in [-0.2, -0.15) is 0 Å². The third-order valence-electron chi connectivity index (χ3n) is 7.89. The van der Waals surface area contributed by atoms with Crippen LogP contribution in [0, 0.1) is 0 Å². The van der Waals surface area contributed by atoms with Crippen LogP contribution in [0.3, 0.4) is 0 Å². The van der Waals surface area contributed by atoms with E-state index in [0.717, 1.165) is 42.7 Å². The molecule has 0 unspecified atom stereocenters. The van der Waals surface area contributed by atoms with Crippen molar-refractivity contribution in [2.24, 2.45) is 0 Å². The van der Waals surface area contributed by atoms with Crippen LogP contribution in [0.15, 0.2) is 67.0 Å². The minimum absolute atomic E-state index is 0.00439. The number of amides is 1. The van der Waals surface area contributed by atoms with Crippen LogP contribution in [0.5, 0.6) is 23.0 Å². The molecule has 5 aromatic rings. The van der Waals surface area contributed by atoms with E-state index in [1.807, 2.05) is 48.5 Å². The minimum atomic E-state index is -0.174. The van der Waals surface area contributed by atoms with E-state index in [-0.39, 0.29) is 11.9 Å². The van der Waals surface area contributed by atoms with Gasteiger partial charge in [0.15, 0.2) is 11.5 Å². The Morgan fingerprint density at radius 3 is 2.35 bits per heavy atom. The molecule has 0 aliphatic carbocycles. The smallest absolute Gasteiger partial charge is 0.252 e. The predicted octanol–water partition coefficient (Wildman–Crippen LogP) is 5.28. The standard InChI is InChI=1S/C33H33N5O5/c1-40-21-9-11-27-24(17-21)25(18-28(37-27)22-10-12-29(41-2)31(43-4)30(22)42-3)33(39)36-20-13-15-38(16-14-20)32-23-7-5-6-8-26(23)34-19-35-32/h5-12,17-20H,13-16H2,1-4H3,(H,36,39). The molecule has 1 saturated heterocycles. The molecule has 1 fully saturated rings. The van der Waals surface area contributed by atoms with Gasteiger partial charge in [-0.25, -0.2) is 15.0 Å². The number of aromatic nitrogens is 3. The Hall–Kier alpha value is -5.12. The average Bonchev–Trinajstić information content (AvgIpc) is 3.06. The Kier molecular flexibility index (Phi) is 7.83. The molecule has 1 N–H and O–H groups in total. The number of para-hydroxylation sites is 1. The summed E-state index contributed by atoms with van der Waals surface area (Å²) in [6, 6.07) is 19.0. The molecule has 0 saturated carbocycles. The van der Waals surface area contributed by atoms with Crippen molar-refractivity contribution in [2.45, 2.75) is 18.9 Å². The molecule has 0 spiro atoms. The molecule has 43 heavy (non-hydrogen) atoms. The van der Waals surface area contributed by atoms with Crippen LogP contribution in [0.4, 0.5) is 5.82 Å². The van der Waals surface area contributed by atoms with E-state index in [9.17, 15) is 4.79 Å². The molecule has 0 bridgehead atoms. The van der Waals surface area contributed by atoms with Gasteiger partial charge < -0.3 is 29.2 Å². The molecule has 1 aliphatic heterocycles. The highest BCUT2D eigenvalue weighted by atomic mass is 16.5. The van der Waals surface area contributed by atoms with Gasteiger partial charge in [0.1, 0.15) is 17.9 Å². The fourth-order valence-electron chi connectivity index (χ4n) is 5.70. The molecule has 10 heteroatoms. The number of hydrogen-bond acceptors (Lipinski definition) is 9. The number of methoxy groups -OCH3 is 4. The van der Waals surface area contributed by atoms with Crippen molar-refractivity contribution in [3.63, 3.8) is 0 Å². The van der Waals surface area contributed by atoms with Crippen LogP contribution >= 0.6 is 0 Å². The number of nitrogens with one attached hydrogen (secondary N) is 1. The molecular formula is C33H33N5O5. The predicted molar refractivity (Wildman–Crippen MR) is 166 cm³/mol. The summed E-state index contributed by atoms with van der Waals surface area (Å²) in [6.07, 6.45) is 3.18. The number of carbonyl (C=O) groups is 1. The molecule has 0 radical (unpaired) electrons. The fraction of sp³-hybridized carbons (Fsp3) is 0.273. The number of benzene rings is 3. The average molecular weight is 580 g/mol.